The van der Waals surface area contributed by atoms with Crippen LogP contribution >= 0.6 is 0 Å². The molecule has 1 aromatic heterocycles. The van der Waals surface area contributed by atoms with Crippen molar-refractivity contribution in [3.63, 3.8) is 0 Å². The largest absolute Gasteiger partial charge is 0.332 e. The minimum atomic E-state index is -0.605. The van der Waals surface area contributed by atoms with E-state index in [2.05, 4.69) is 53.0 Å². The van der Waals surface area contributed by atoms with Crippen LogP contribution in [0.1, 0.15) is 42.3 Å². The average Bonchev–Trinajstić information content (AvgIpc) is 3.34. The van der Waals surface area contributed by atoms with Crippen molar-refractivity contribution >= 4 is 0 Å². The molecule has 4 rings (SSSR count). The van der Waals surface area contributed by atoms with Gasteiger partial charge in [0, 0.05) is 18.4 Å². The number of imidazole rings is 1. The lowest BCUT2D eigenvalue weighted by molar-refractivity contribution is 0.380. The molecular weight excluding hydrogens is 318 g/mol. The molecule has 0 spiro atoms. The molecule has 3 heteroatoms. The molecule has 1 saturated carbocycles. The summed E-state index contributed by atoms with van der Waals surface area (Å²) in [6.45, 7) is 2.05. The van der Waals surface area contributed by atoms with Gasteiger partial charge in [0.25, 0.3) is 0 Å². The first kappa shape index (κ1) is 16.6. The van der Waals surface area contributed by atoms with Gasteiger partial charge in [0.05, 0.1) is 6.07 Å². The predicted octanol–water partition coefficient (Wildman–Crippen LogP) is 5.04. The van der Waals surface area contributed by atoms with E-state index in [9.17, 15) is 5.26 Å². The van der Waals surface area contributed by atoms with Gasteiger partial charge in [0.2, 0.25) is 0 Å². The van der Waals surface area contributed by atoms with Gasteiger partial charge in [-0.15, -0.1) is 0 Å². The van der Waals surface area contributed by atoms with Gasteiger partial charge >= 0.3 is 0 Å². The van der Waals surface area contributed by atoms with Gasteiger partial charge in [-0.3, -0.25) is 0 Å². The van der Waals surface area contributed by atoms with Crippen molar-refractivity contribution in [2.75, 3.05) is 0 Å². The topological polar surface area (TPSA) is 41.6 Å². The van der Waals surface area contributed by atoms with Crippen molar-refractivity contribution < 1.29 is 0 Å². The zero-order valence-corrected chi connectivity index (χ0v) is 15.0. The zero-order chi connectivity index (χ0) is 18.0. The molecule has 0 saturated heterocycles. The highest BCUT2D eigenvalue weighted by Crippen LogP contribution is 2.49. The van der Waals surface area contributed by atoms with Gasteiger partial charge in [-0.2, -0.15) is 5.26 Å². The molecule has 1 fully saturated rings. The fourth-order valence-electron chi connectivity index (χ4n) is 4.64. The van der Waals surface area contributed by atoms with E-state index in [0.717, 1.165) is 36.2 Å². The van der Waals surface area contributed by atoms with E-state index in [1.165, 1.54) is 0 Å². The first-order chi connectivity index (χ1) is 12.8. The van der Waals surface area contributed by atoms with Crippen molar-refractivity contribution in [1.82, 2.24) is 9.55 Å². The Morgan fingerprint density at radius 2 is 1.62 bits per heavy atom. The van der Waals surface area contributed by atoms with E-state index in [4.69, 9.17) is 0 Å². The fourth-order valence-corrected chi connectivity index (χ4v) is 4.64. The number of aromatic nitrogens is 2. The van der Waals surface area contributed by atoms with Crippen molar-refractivity contribution in [1.29, 1.82) is 5.26 Å². The van der Waals surface area contributed by atoms with E-state index < -0.39 is 5.41 Å². The Morgan fingerprint density at radius 3 is 2.12 bits per heavy atom. The molecule has 2 atom stereocenters. The van der Waals surface area contributed by atoms with E-state index in [1.807, 2.05) is 42.6 Å². The summed E-state index contributed by atoms with van der Waals surface area (Å²) in [5.74, 6) is 1.33. The van der Waals surface area contributed by atoms with E-state index in [-0.39, 0.29) is 5.92 Å². The number of nitriles is 1. The molecule has 0 radical (unpaired) electrons. The SMILES string of the molecule is Cc1nccn1[C@H]1CC[C@@H](C(C#N)(c2ccccc2)c2ccccc2)C1. The van der Waals surface area contributed by atoms with Crippen LogP contribution in [0.25, 0.3) is 0 Å². The molecule has 1 heterocycles. The Morgan fingerprint density at radius 1 is 1.00 bits per heavy atom. The Hall–Kier alpha value is -2.86. The molecule has 1 aliphatic rings. The molecule has 130 valence electrons. The lowest BCUT2D eigenvalue weighted by Crippen LogP contribution is -2.34. The summed E-state index contributed by atoms with van der Waals surface area (Å²) >= 11 is 0. The van der Waals surface area contributed by atoms with Crippen LogP contribution in [0, 0.1) is 24.2 Å². The highest BCUT2D eigenvalue weighted by atomic mass is 15.1. The monoisotopic (exact) mass is 341 g/mol. The smallest absolute Gasteiger partial charge is 0.110 e. The van der Waals surface area contributed by atoms with Gasteiger partial charge in [0.15, 0.2) is 0 Å². The van der Waals surface area contributed by atoms with Gasteiger partial charge in [-0.05, 0) is 43.2 Å². The van der Waals surface area contributed by atoms with Crippen molar-refractivity contribution in [3.8, 4) is 6.07 Å². The summed E-state index contributed by atoms with van der Waals surface area (Å²) < 4.78 is 2.28. The van der Waals surface area contributed by atoms with Crippen LogP contribution < -0.4 is 0 Å². The number of nitrogens with zero attached hydrogens (tertiary/aromatic N) is 3. The third kappa shape index (κ3) is 2.63. The second kappa shape index (κ2) is 6.80. The van der Waals surface area contributed by atoms with Crippen molar-refractivity contribution in [3.05, 3.63) is 90.0 Å². The van der Waals surface area contributed by atoms with Crippen molar-refractivity contribution in [2.24, 2.45) is 5.92 Å². The van der Waals surface area contributed by atoms with Crippen LogP contribution in [0.15, 0.2) is 73.1 Å². The second-order valence-electron chi connectivity index (χ2n) is 7.20. The highest BCUT2D eigenvalue weighted by Gasteiger charge is 2.46. The molecule has 2 aromatic carbocycles. The van der Waals surface area contributed by atoms with Crippen LogP contribution in [0.2, 0.25) is 0 Å². The van der Waals surface area contributed by atoms with Crippen LogP contribution in [0.5, 0.6) is 0 Å². The van der Waals surface area contributed by atoms with E-state index >= 15 is 0 Å². The van der Waals surface area contributed by atoms with Gasteiger partial charge < -0.3 is 4.57 Å². The molecule has 3 nitrogen and oxygen atoms in total. The van der Waals surface area contributed by atoms with Crippen LogP contribution in [-0.2, 0) is 5.41 Å². The lowest BCUT2D eigenvalue weighted by atomic mass is 9.66. The van der Waals surface area contributed by atoms with Crippen molar-refractivity contribution in [2.45, 2.75) is 37.6 Å². The maximum absolute atomic E-state index is 10.4. The van der Waals surface area contributed by atoms with Gasteiger partial charge in [-0.25, -0.2) is 4.98 Å². The number of hydrogen-bond donors (Lipinski definition) is 0. The van der Waals surface area contributed by atoms with E-state index in [1.54, 1.807) is 0 Å². The molecule has 26 heavy (non-hydrogen) atoms. The molecule has 0 aliphatic heterocycles. The highest BCUT2D eigenvalue weighted by molar-refractivity contribution is 5.47. The quantitative estimate of drug-likeness (QED) is 0.667. The Kier molecular flexibility index (Phi) is 4.34. The van der Waals surface area contributed by atoms with E-state index in [0.29, 0.717) is 6.04 Å². The normalized spacial score (nSPS) is 20.0. The van der Waals surface area contributed by atoms with Crippen LogP contribution in [0.4, 0.5) is 0 Å². The Balaban J connectivity index is 1.78. The third-order valence-electron chi connectivity index (χ3n) is 5.91. The molecule has 1 aliphatic carbocycles. The number of aryl methyl sites for hydroxylation is 1. The first-order valence-corrected chi connectivity index (χ1v) is 9.27. The molecule has 0 amide bonds. The summed E-state index contributed by atoms with van der Waals surface area (Å²) in [4.78, 5) is 4.38. The van der Waals surface area contributed by atoms with Crippen LogP contribution in [0.3, 0.4) is 0 Å². The third-order valence-corrected chi connectivity index (χ3v) is 5.91. The molecular formula is C23H23N3. The second-order valence-corrected chi connectivity index (χ2v) is 7.20. The first-order valence-electron chi connectivity index (χ1n) is 9.27. The maximum atomic E-state index is 10.4. The summed E-state index contributed by atoms with van der Waals surface area (Å²) in [7, 11) is 0. The molecule has 0 bridgehead atoms. The number of hydrogen-bond acceptors (Lipinski definition) is 2. The minimum Gasteiger partial charge on any atom is -0.332 e. The Bertz CT molecular complexity index is 866. The molecule has 3 aromatic rings. The number of rotatable bonds is 4. The van der Waals surface area contributed by atoms with Gasteiger partial charge in [-0.1, -0.05) is 60.7 Å². The standard InChI is InChI=1S/C23H23N3/c1-18-25-14-15-26(18)22-13-12-21(16-22)23(17-24,19-8-4-2-5-9-19)20-10-6-3-7-11-20/h2-11,14-15,21-22H,12-13,16H2,1H3/t21-,22+/m1/s1. The summed E-state index contributed by atoms with van der Waals surface area (Å²) in [5.41, 5.74) is 1.59. The minimum absolute atomic E-state index is 0.282. The molecule has 0 unspecified atom stereocenters. The fraction of sp³-hybridized carbons (Fsp3) is 0.304. The lowest BCUT2D eigenvalue weighted by Gasteiger charge is -2.34. The predicted molar refractivity (Wildman–Crippen MR) is 103 cm³/mol. The number of benzene rings is 2. The maximum Gasteiger partial charge on any atom is 0.110 e. The summed E-state index contributed by atoms with van der Waals surface area (Å²) in [6, 6.07) is 23.8. The molecule has 0 N–H and O–H groups in total. The van der Waals surface area contributed by atoms with Gasteiger partial charge in [0.1, 0.15) is 11.2 Å². The van der Waals surface area contributed by atoms with Crippen LogP contribution in [-0.4, -0.2) is 9.55 Å². The summed E-state index contributed by atoms with van der Waals surface area (Å²) in [6.07, 6.45) is 7.06. The summed E-state index contributed by atoms with van der Waals surface area (Å²) in [5, 5.41) is 10.4. The average molecular weight is 341 g/mol. The zero-order valence-electron chi connectivity index (χ0n) is 15.0. The Labute approximate surface area is 154 Å².